The van der Waals surface area contributed by atoms with Crippen molar-refractivity contribution in [3.05, 3.63) is 73.0 Å². The fourth-order valence-corrected chi connectivity index (χ4v) is 2.53. The number of nitro benzene ring substituents is 1. The molecule has 0 saturated heterocycles. The number of non-ortho nitro benzene ring substituents is 1. The molecule has 0 atom stereocenters. The van der Waals surface area contributed by atoms with E-state index >= 15 is 0 Å². The van der Waals surface area contributed by atoms with Crippen LogP contribution in [-0.2, 0) is 4.79 Å². The minimum absolute atomic E-state index is 0.0528. The Balaban J connectivity index is 2.31. The molecule has 0 aromatic heterocycles. The molecule has 0 aliphatic heterocycles. The van der Waals surface area contributed by atoms with Crippen LogP contribution in [0.1, 0.15) is 5.56 Å². The van der Waals surface area contributed by atoms with E-state index < -0.39 is 16.6 Å². The van der Waals surface area contributed by atoms with Gasteiger partial charge in [0.2, 0.25) is 0 Å². The van der Waals surface area contributed by atoms with Crippen LogP contribution in [0.2, 0.25) is 5.02 Å². The van der Waals surface area contributed by atoms with Crippen LogP contribution >= 0.6 is 27.5 Å². The van der Waals surface area contributed by atoms with E-state index in [1.54, 1.807) is 6.07 Å². The molecule has 0 aliphatic rings. The lowest BCUT2D eigenvalue weighted by molar-refractivity contribution is -0.384. The molecule has 6 nitrogen and oxygen atoms in total. The zero-order valence-electron chi connectivity index (χ0n) is 12.3. The Morgan fingerprint density at radius 2 is 2.12 bits per heavy atom. The van der Waals surface area contributed by atoms with Gasteiger partial charge in [0.1, 0.15) is 17.5 Å². The molecule has 0 saturated carbocycles. The van der Waals surface area contributed by atoms with Crippen LogP contribution in [0.25, 0.3) is 6.08 Å². The molecule has 2 aromatic carbocycles. The molecule has 0 radical (unpaired) electrons. The first-order chi connectivity index (χ1) is 11.8. The summed E-state index contributed by atoms with van der Waals surface area (Å²) in [5.74, 6) is -1.49. The number of nitriles is 1. The average molecular weight is 425 g/mol. The summed E-state index contributed by atoms with van der Waals surface area (Å²) in [5, 5.41) is 22.3. The van der Waals surface area contributed by atoms with E-state index in [0.717, 1.165) is 12.1 Å². The third kappa shape index (κ3) is 4.41. The van der Waals surface area contributed by atoms with Crippen molar-refractivity contribution < 1.29 is 14.1 Å². The van der Waals surface area contributed by atoms with E-state index in [1.807, 2.05) is 0 Å². The highest BCUT2D eigenvalue weighted by molar-refractivity contribution is 9.10. The van der Waals surface area contributed by atoms with E-state index in [0.29, 0.717) is 0 Å². The molecule has 0 unspecified atom stereocenters. The van der Waals surface area contributed by atoms with Crippen LogP contribution in [-0.4, -0.2) is 10.8 Å². The molecule has 0 bridgehead atoms. The molecule has 0 heterocycles. The maximum Gasteiger partial charge on any atom is 0.270 e. The molecule has 126 valence electrons. The highest BCUT2D eigenvalue weighted by Gasteiger charge is 2.15. The molecular formula is C16H8BrClFN3O3. The van der Waals surface area contributed by atoms with Gasteiger partial charge >= 0.3 is 0 Å². The number of rotatable bonds is 4. The van der Waals surface area contributed by atoms with E-state index in [2.05, 4.69) is 21.2 Å². The Morgan fingerprint density at radius 3 is 2.68 bits per heavy atom. The average Bonchev–Trinajstić information content (AvgIpc) is 2.56. The van der Waals surface area contributed by atoms with Crippen molar-refractivity contribution in [1.29, 1.82) is 5.26 Å². The molecule has 0 fully saturated rings. The van der Waals surface area contributed by atoms with Gasteiger partial charge in [0, 0.05) is 22.2 Å². The molecule has 0 aliphatic carbocycles. The lowest BCUT2D eigenvalue weighted by Gasteiger charge is -2.07. The Bertz CT molecular complexity index is 920. The monoisotopic (exact) mass is 423 g/mol. The standard InChI is InChI=1S/C16H8BrClFN3O3/c17-12-7-10(22(24)25)4-5-15(12)21-16(23)9(8-20)6-11-13(18)2-1-3-14(11)19/h1-7H,(H,21,23). The Hall–Kier alpha value is -2.76. The fraction of sp³-hybridized carbons (Fsp3) is 0. The number of benzene rings is 2. The van der Waals surface area contributed by atoms with Crippen molar-refractivity contribution in [2.45, 2.75) is 0 Å². The van der Waals surface area contributed by atoms with Gasteiger partial charge in [-0.05, 0) is 40.2 Å². The van der Waals surface area contributed by atoms with Crippen LogP contribution in [0.5, 0.6) is 0 Å². The van der Waals surface area contributed by atoms with Gasteiger partial charge < -0.3 is 5.32 Å². The summed E-state index contributed by atoms with van der Waals surface area (Å²) in [6.45, 7) is 0. The summed E-state index contributed by atoms with van der Waals surface area (Å²) in [7, 11) is 0. The predicted molar refractivity (Wildman–Crippen MR) is 94.4 cm³/mol. The van der Waals surface area contributed by atoms with Gasteiger partial charge in [-0.2, -0.15) is 5.26 Å². The second-order valence-corrected chi connectivity index (χ2v) is 5.94. The third-order valence-electron chi connectivity index (χ3n) is 3.07. The molecule has 1 N–H and O–H groups in total. The molecule has 2 aromatic rings. The van der Waals surface area contributed by atoms with Crippen LogP contribution in [0.15, 0.2) is 46.4 Å². The van der Waals surface area contributed by atoms with Gasteiger partial charge in [0.25, 0.3) is 11.6 Å². The number of amides is 1. The largest absolute Gasteiger partial charge is 0.320 e. The van der Waals surface area contributed by atoms with Crippen molar-refractivity contribution in [1.82, 2.24) is 0 Å². The Kier molecular flexibility index (Phi) is 5.85. The van der Waals surface area contributed by atoms with Gasteiger partial charge in [0.05, 0.1) is 15.6 Å². The van der Waals surface area contributed by atoms with E-state index in [4.69, 9.17) is 16.9 Å². The number of hydrogen-bond donors (Lipinski definition) is 1. The maximum atomic E-state index is 13.8. The highest BCUT2D eigenvalue weighted by Crippen LogP contribution is 2.28. The number of nitrogens with one attached hydrogen (secondary N) is 1. The highest BCUT2D eigenvalue weighted by atomic mass is 79.9. The van der Waals surface area contributed by atoms with Gasteiger partial charge in [-0.25, -0.2) is 4.39 Å². The van der Waals surface area contributed by atoms with Gasteiger partial charge in [0.15, 0.2) is 0 Å². The fourth-order valence-electron chi connectivity index (χ4n) is 1.85. The number of carbonyl (C=O) groups is 1. The topological polar surface area (TPSA) is 96.0 Å². The number of nitro groups is 1. The minimum Gasteiger partial charge on any atom is -0.320 e. The van der Waals surface area contributed by atoms with Gasteiger partial charge in [-0.3, -0.25) is 14.9 Å². The number of halogens is 3. The summed E-state index contributed by atoms with van der Waals surface area (Å²) in [5.41, 5.74) is -0.411. The summed E-state index contributed by atoms with van der Waals surface area (Å²) in [4.78, 5) is 22.3. The molecular weight excluding hydrogens is 417 g/mol. The second-order valence-electron chi connectivity index (χ2n) is 4.68. The Morgan fingerprint density at radius 1 is 1.40 bits per heavy atom. The summed E-state index contributed by atoms with van der Waals surface area (Å²) in [6, 6.07) is 9.37. The lowest BCUT2D eigenvalue weighted by Crippen LogP contribution is -2.14. The van der Waals surface area contributed by atoms with Crippen LogP contribution in [0.4, 0.5) is 15.8 Å². The first-order valence-corrected chi connectivity index (χ1v) is 7.81. The smallest absolute Gasteiger partial charge is 0.270 e. The molecule has 0 spiro atoms. The summed E-state index contributed by atoms with van der Waals surface area (Å²) in [6.07, 6.45) is 1.03. The Labute approximate surface area is 154 Å². The normalized spacial score (nSPS) is 10.9. The molecule has 1 amide bonds. The van der Waals surface area contributed by atoms with Crippen molar-refractivity contribution in [2.75, 3.05) is 5.32 Å². The van der Waals surface area contributed by atoms with Crippen LogP contribution in [0, 0.1) is 27.3 Å². The van der Waals surface area contributed by atoms with Gasteiger partial charge in [-0.1, -0.05) is 17.7 Å². The van der Waals surface area contributed by atoms with E-state index in [1.165, 1.54) is 30.3 Å². The zero-order chi connectivity index (χ0) is 18.6. The SMILES string of the molecule is N#CC(=Cc1c(F)cccc1Cl)C(=O)Nc1ccc([N+](=O)[O-])cc1Br. The molecule has 25 heavy (non-hydrogen) atoms. The molecule has 2 rings (SSSR count). The first-order valence-electron chi connectivity index (χ1n) is 6.64. The number of hydrogen-bond acceptors (Lipinski definition) is 4. The van der Waals surface area contributed by atoms with Crippen molar-refractivity contribution in [3.63, 3.8) is 0 Å². The number of anilines is 1. The maximum absolute atomic E-state index is 13.8. The quantitative estimate of drug-likeness (QED) is 0.333. The number of nitrogens with zero attached hydrogens (tertiary/aromatic N) is 2. The summed E-state index contributed by atoms with van der Waals surface area (Å²) >= 11 is 8.97. The van der Waals surface area contributed by atoms with Crippen LogP contribution in [0.3, 0.4) is 0 Å². The number of carbonyl (C=O) groups excluding carboxylic acids is 1. The van der Waals surface area contributed by atoms with Gasteiger partial charge in [-0.15, -0.1) is 0 Å². The van der Waals surface area contributed by atoms with Crippen molar-refractivity contribution >= 4 is 50.9 Å². The molecule has 9 heteroatoms. The second kappa shape index (κ2) is 7.88. The predicted octanol–water partition coefficient (Wildman–Crippen LogP) is 4.70. The van der Waals surface area contributed by atoms with Crippen molar-refractivity contribution in [3.8, 4) is 6.07 Å². The summed E-state index contributed by atoms with van der Waals surface area (Å²) < 4.78 is 14.0. The van der Waals surface area contributed by atoms with Crippen LogP contribution < -0.4 is 5.32 Å². The zero-order valence-corrected chi connectivity index (χ0v) is 14.6. The van der Waals surface area contributed by atoms with E-state index in [9.17, 15) is 19.3 Å². The van der Waals surface area contributed by atoms with Crippen molar-refractivity contribution in [2.24, 2.45) is 0 Å². The third-order valence-corrected chi connectivity index (χ3v) is 4.05. The minimum atomic E-state index is -0.809. The lowest BCUT2D eigenvalue weighted by atomic mass is 10.1. The van der Waals surface area contributed by atoms with E-state index in [-0.39, 0.29) is 32.0 Å². The first kappa shape index (κ1) is 18.6.